The molecule has 0 saturated heterocycles. The highest BCUT2D eigenvalue weighted by atomic mass is 14.8. The third-order valence-corrected chi connectivity index (χ3v) is 2.70. The van der Waals surface area contributed by atoms with Crippen molar-refractivity contribution in [3.05, 3.63) is 48.2 Å². The zero-order valence-electron chi connectivity index (χ0n) is 9.64. The van der Waals surface area contributed by atoms with E-state index in [1.165, 1.54) is 5.56 Å². The smallest absolute Gasteiger partial charge is 0.131 e. The summed E-state index contributed by atoms with van der Waals surface area (Å²) in [5.41, 5.74) is 9.33. The highest BCUT2D eigenvalue weighted by Crippen LogP contribution is 2.26. The molecule has 0 fully saturated rings. The van der Waals surface area contributed by atoms with E-state index in [-0.39, 0.29) is 0 Å². The Labute approximate surface area is 96.1 Å². The quantitative estimate of drug-likeness (QED) is 0.828. The SMILES string of the molecule is CC(C)c1cccc(-c2cccnc2N)c1. The molecule has 0 saturated carbocycles. The Morgan fingerprint density at radius 2 is 1.94 bits per heavy atom. The third-order valence-electron chi connectivity index (χ3n) is 2.70. The van der Waals surface area contributed by atoms with Crippen LogP contribution in [0.4, 0.5) is 5.82 Å². The fourth-order valence-corrected chi connectivity index (χ4v) is 1.73. The number of nitrogens with two attached hydrogens (primary N) is 1. The van der Waals surface area contributed by atoms with Crippen LogP contribution in [0.2, 0.25) is 0 Å². The van der Waals surface area contributed by atoms with E-state index < -0.39 is 0 Å². The van der Waals surface area contributed by atoms with E-state index in [4.69, 9.17) is 5.73 Å². The number of pyridine rings is 1. The van der Waals surface area contributed by atoms with Crippen molar-refractivity contribution in [1.29, 1.82) is 0 Å². The summed E-state index contributed by atoms with van der Waals surface area (Å²) in [4.78, 5) is 4.11. The first-order valence-corrected chi connectivity index (χ1v) is 5.49. The molecule has 0 bridgehead atoms. The Hall–Kier alpha value is -1.83. The van der Waals surface area contributed by atoms with Crippen LogP contribution in [0.1, 0.15) is 25.3 Å². The van der Waals surface area contributed by atoms with Crippen LogP contribution in [0.15, 0.2) is 42.6 Å². The van der Waals surface area contributed by atoms with Crippen LogP contribution in [0.25, 0.3) is 11.1 Å². The summed E-state index contributed by atoms with van der Waals surface area (Å²) in [7, 11) is 0. The van der Waals surface area contributed by atoms with E-state index >= 15 is 0 Å². The lowest BCUT2D eigenvalue weighted by Crippen LogP contribution is -1.94. The normalized spacial score (nSPS) is 10.7. The van der Waals surface area contributed by atoms with Gasteiger partial charge in [-0.2, -0.15) is 0 Å². The minimum Gasteiger partial charge on any atom is -0.383 e. The van der Waals surface area contributed by atoms with E-state index in [2.05, 4.69) is 43.1 Å². The second-order valence-electron chi connectivity index (χ2n) is 4.22. The molecular formula is C14H16N2. The van der Waals surface area contributed by atoms with E-state index in [9.17, 15) is 0 Å². The number of nitrogen functional groups attached to an aromatic ring is 1. The topological polar surface area (TPSA) is 38.9 Å². The maximum absolute atomic E-state index is 5.87. The molecule has 2 N–H and O–H groups in total. The van der Waals surface area contributed by atoms with Crippen molar-refractivity contribution < 1.29 is 0 Å². The third kappa shape index (κ3) is 2.06. The number of aromatic nitrogens is 1. The van der Waals surface area contributed by atoms with Gasteiger partial charge in [0.15, 0.2) is 0 Å². The summed E-state index contributed by atoms with van der Waals surface area (Å²) in [6.07, 6.45) is 1.71. The summed E-state index contributed by atoms with van der Waals surface area (Å²) in [5.74, 6) is 1.11. The fraction of sp³-hybridized carbons (Fsp3) is 0.214. The molecule has 0 radical (unpaired) electrons. The zero-order valence-corrected chi connectivity index (χ0v) is 9.64. The molecule has 16 heavy (non-hydrogen) atoms. The van der Waals surface area contributed by atoms with Crippen LogP contribution in [0.3, 0.4) is 0 Å². The lowest BCUT2D eigenvalue weighted by molar-refractivity contribution is 0.867. The number of benzene rings is 1. The van der Waals surface area contributed by atoms with Gasteiger partial charge in [0, 0.05) is 11.8 Å². The van der Waals surface area contributed by atoms with Crippen LogP contribution in [0, 0.1) is 0 Å². The summed E-state index contributed by atoms with van der Waals surface area (Å²) < 4.78 is 0. The van der Waals surface area contributed by atoms with Crippen LogP contribution in [-0.2, 0) is 0 Å². The Morgan fingerprint density at radius 3 is 2.62 bits per heavy atom. The van der Waals surface area contributed by atoms with Gasteiger partial charge in [-0.25, -0.2) is 4.98 Å². The van der Waals surface area contributed by atoms with Gasteiger partial charge in [-0.05, 0) is 29.2 Å². The molecule has 0 aliphatic rings. The summed E-state index contributed by atoms with van der Waals surface area (Å²) in [6, 6.07) is 12.4. The van der Waals surface area contributed by atoms with Crippen molar-refractivity contribution in [2.75, 3.05) is 5.73 Å². The fourth-order valence-electron chi connectivity index (χ4n) is 1.73. The molecule has 0 aliphatic heterocycles. The van der Waals surface area contributed by atoms with Crippen molar-refractivity contribution in [3.63, 3.8) is 0 Å². The van der Waals surface area contributed by atoms with E-state index in [1.807, 2.05) is 12.1 Å². The predicted molar refractivity (Wildman–Crippen MR) is 68.2 cm³/mol. The second-order valence-corrected chi connectivity index (χ2v) is 4.22. The summed E-state index contributed by atoms with van der Waals surface area (Å²) in [5, 5.41) is 0. The van der Waals surface area contributed by atoms with Gasteiger partial charge in [0.25, 0.3) is 0 Å². The molecular weight excluding hydrogens is 196 g/mol. The maximum Gasteiger partial charge on any atom is 0.131 e. The standard InChI is InChI=1S/C14H16N2/c1-10(2)11-5-3-6-12(9-11)13-7-4-8-16-14(13)15/h3-10H,1-2H3,(H2,15,16). The highest BCUT2D eigenvalue weighted by molar-refractivity contribution is 5.73. The summed E-state index contributed by atoms with van der Waals surface area (Å²) in [6.45, 7) is 4.37. The van der Waals surface area contributed by atoms with E-state index in [0.717, 1.165) is 11.1 Å². The predicted octanol–water partition coefficient (Wildman–Crippen LogP) is 3.45. The van der Waals surface area contributed by atoms with Crippen molar-refractivity contribution >= 4 is 5.82 Å². The van der Waals surface area contributed by atoms with Crippen molar-refractivity contribution in [3.8, 4) is 11.1 Å². The van der Waals surface area contributed by atoms with Crippen molar-refractivity contribution in [1.82, 2.24) is 4.98 Å². The van der Waals surface area contributed by atoms with E-state index in [1.54, 1.807) is 6.20 Å². The van der Waals surface area contributed by atoms with Gasteiger partial charge in [0.05, 0.1) is 0 Å². The molecule has 2 heteroatoms. The van der Waals surface area contributed by atoms with Gasteiger partial charge >= 0.3 is 0 Å². The number of hydrogen-bond donors (Lipinski definition) is 1. The molecule has 1 aromatic heterocycles. The van der Waals surface area contributed by atoms with Gasteiger partial charge in [-0.15, -0.1) is 0 Å². The lowest BCUT2D eigenvalue weighted by Gasteiger charge is -2.09. The van der Waals surface area contributed by atoms with Crippen LogP contribution < -0.4 is 5.73 Å². The van der Waals surface area contributed by atoms with Gasteiger partial charge in [-0.3, -0.25) is 0 Å². The molecule has 0 atom stereocenters. The van der Waals surface area contributed by atoms with Crippen molar-refractivity contribution in [2.24, 2.45) is 0 Å². The number of rotatable bonds is 2. The first kappa shape index (κ1) is 10.7. The molecule has 1 aromatic carbocycles. The van der Waals surface area contributed by atoms with Gasteiger partial charge in [0.2, 0.25) is 0 Å². The van der Waals surface area contributed by atoms with Crippen LogP contribution in [0.5, 0.6) is 0 Å². The van der Waals surface area contributed by atoms with Crippen molar-refractivity contribution in [2.45, 2.75) is 19.8 Å². The number of hydrogen-bond acceptors (Lipinski definition) is 2. The van der Waals surface area contributed by atoms with E-state index in [0.29, 0.717) is 11.7 Å². The molecule has 2 aromatic rings. The minimum absolute atomic E-state index is 0.526. The van der Waals surface area contributed by atoms with Gasteiger partial charge < -0.3 is 5.73 Å². The van der Waals surface area contributed by atoms with Crippen LogP contribution in [-0.4, -0.2) is 4.98 Å². The molecule has 82 valence electrons. The Morgan fingerprint density at radius 1 is 1.12 bits per heavy atom. The first-order chi connectivity index (χ1) is 7.68. The highest BCUT2D eigenvalue weighted by Gasteiger charge is 2.05. The molecule has 1 heterocycles. The molecule has 0 spiro atoms. The molecule has 0 aliphatic carbocycles. The largest absolute Gasteiger partial charge is 0.383 e. The summed E-state index contributed by atoms with van der Waals surface area (Å²) >= 11 is 0. The lowest BCUT2D eigenvalue weighted by atomic mass is 9.98. The van der Waals surface area contributed by atoms with Gasteiger partial charge in [-0.1, -0.05) is 38.1 Å². The molecule has 0 amide bonds. The first-order valence-electron chi connectivity index (χ1n) is 5.49. The second kappa shape index (κ2) is 4.35. The van der Waals surface area contributed by atoms with Crippen LogP contribution >= 0.6 is 0 Å². The zero-order chi connectivity index (χ0) is 11.5. The molecule has 2 nitrogen and oxygen atoms in total. The minimum atomic E-state index is 0.526. The number of anilines is 1. The average Bonchev–Trinajstić information content (AvgIpc) is 2.30. The Balaban J connectivity index is 2.49. The van der Waals surface area contributed by atoms with Gasteiger partial charge in [0.1, 0.15) is 5.82 Å². The Bertz CT molecular complexity index is 490. The molecule has 0 unspecified atom stereocenters. The molecule has 2 rings (SSSR count). The Kier molecular flexibility index (Phi) is 2.91. The average molecular weight is 212 g/mol. The monoisotopic (exact) mass is 212 g/mol. The number of nitrogens with zero attached hydrogens (tertiary/aromatic N) is 1. The maximum atomic E-state index is 5.87.